The van der Waals surface area contributed by atoms with Gasteiger partial charge in [-0.25, -0.2) is 14.7 Å². The minimum Gasteiger partial charge on any atom is -0.480 e. The van der Waals surface area contributed by atoms with Gasteiger partial charge in [-0.3, -0.25) is 52.9 Å². The van der Waals surface area contributed by atoms with E-state index in [0.29, 0.717) is 6.42 Å². The summed E-state index contributed by atoms with van der Waals surface area (Å²) >= 11 is 0. The van der Waals surface area contributed by atoms with Crippen molar-refractivity contribution >= 4 is 64.9 Å². The average Bonchev–Trinajstić information content (AvgIpc) is 0.765. The second-order valence-corrected chi connectivity index (χ2v) is 28.1. The van der Waals surface area contributed by atoms with Crippen molar-refractivity contribution in [3.8, 4) is 0 Å². The standard InChI is InChI=1S/C67H119N9O14/c1-26-28-29-42(13)57-56(60(81)71-49(27-2)65(86)87)76(90-57)64(85)55(41(11)12)75(25)62(83)47(30-37(3)4)34-53(78)51(32-39(7)8)73(23)61(82)45(16)70-59(80)43(14)33-52(77)50(31-38(5)6)74(24)63(84)48(40(9)10)35-54(79)58(72(22)46(17)44(15)68-20)67(18,19)36-89-66(88)69-21/h26,28,37-51,55-58,68H,27,29-36H2,1-25H3,(H,69,88)(H,70,80)(H,71,81)(H,86,87)/b28-26+/t42-,43-,44-,45-,46?,47-,48+,49+,50+,51+,55+,56+,57?,58-/m1/s1. The molecule has 1 saturated heterocycles. The van der Waals surface area contributed by atoms with Crippen LogP contribution in [0.3, 0.4) is 0 Å². The van der Waals surface area contributed by atoms with Gasteiger partial charge in [0.15, 0.2) is 23.4 Å². The molecule has 5 N–H and O–H groups in total. The summed E-state index contributed by atoms with van der Waals surface area (Å²) in [6.45, 7) is 34.6. The van der Waals surface area contributed by atoms with E-state index in [0.717, 1.165) is 5.06 Å². The average molecular weight is 1270 g/mol. The van der Waals surface area contributed by atoms with Crippen molar-refractivity contribution in [3.63, 3.8) is 0 Å². The lowest BCUT2D eigenvalue weighted by Crippen LogP contribution is -2.71. The van der Waals surface area contributed by atoms with Crippen molar-refractivity contribution < 1.29 is 67.4 Å². The number of likely N-dealkylation sites (N-methyl/N-ethyl adjacent to an activating group) is 5. The second-order valence-electron chi connectivity index (χ2n) is 28.1. The van der Waals surface area contributed by atoms with Gasteiger partial charge in [0, 0.05) is 82.7 Å². The molecule has 90 heavy (non-hydrogen) atoms. The first kappa shape index (κ1) is 82.2. The largest absolute Gasteiger partial charge is 0.480 e. The van der Waals surface area contributed by atoms with Crippen LogP contribution >= 0.6 is 0 Å². The topological polar surface area (TPSA) is 291 Å². The Labute approximate surface area is 539 Å². The molecule has 1 heterocycles. The van der Waals surface area contributed by atoms with Crippen LogP contribution in [0.4, 0.5) is 4.79 Å². The van der Waals surface area contributed by atoms with E-state index in [2.05, 4.69) is 21.3 Å². The number of Topliss-reactive ketones (excluding diaryl/α,β-unsaturated/α-hetero) is 3. The molecule has 1 aliphatic rings. The van der Waals surface area contributed by atoms with Crippen LogP contribution in [-0.2, 0) is 57.5 Å². The van der Waals surface area contributed by atoms with E-state index in [4.69, 9.17) is 9.57 Å². The molecule has 0 bridgehead atoms. The zero-order valence-electron chi connectivity index (χ0n) is 59.5. The van der Waals surface area contributed by atoms with Crippen LogP contribution < -0.4 is 21.3 Å². The predicted octanol–water partition coefficient (Wildman–Crippen LogP) is 6.94. The zero-order chi connectivity index (χ0) is 69.7. The Kier molecular flexibility index (Phi) is 34.4. The summed E-state index contributed by atoms with van der Waals surface area (Å²) in [6, 6.07) is -7.66. The number of hydrogen-bond acceptors (Lipinski definition) is 15. The Morgan fingerprint density at radius 1 is 0.667 bits per heavy atom. The molecule has 0 aliphatic carbocycles. The van der Waals surface area contributed by atoms with Crippen LogP contribution in [0.1, 0.15) is 183 Å². The van der Waals surface area contributed by atoms with E-state index < -0.39 is 131 Å². The number of aliphatic carboxylic acids is 1. The third-order valence-corrected chi connectivity index (χ3v) is 17.9. The smallest absolute Gasteiger partial charge is 0.406 e. The van der Waals surface area contributed by atoms with Crippen molar-refractivity contribution in [2.45, 2.75) is 243 Å². The normalized spacial score (nSPS) is 18.5. The second kappa shape index (κ2) is 37.6. The van der Waals surface area contributed by atoms with Crippen LogP contribution in [0.2, 0.25) is 0 Å². The molecule has 7 amide bonds. The molecule has 14 atom stereocenters. The molecule has 0 spiro atoms. The maximum absolute atomic E-state index is 14.8. The number of carbonyl (C=O) groups excluding carboxylic acids is 10. The molecule has 0 aromatic heterocycles. The Morgan fingerprint density at radius 3 is 1.64 bits per heavy atom. The van der Waals surface area contributed by atoms with E-state index in [1.807, 2.05) is 128 Å². The van der Waals surface area contributed by atoms with Gasteiger partial charge in [0.05, 0.1) is 18.1 Å². The number of carboxylic acids is 1. The summed E-state index contributed by atoms with van der Waals surface area (Å²) in [4.78, 5) is 166. The molecule has 2 unspecified atom stereocenters. The lowest BCUT2D eigenvalue weighted by molar-refractivity contribution is -0.321. The molecule has 0 aromatic carbocycles. The lowest BCUT2D eigenvalue weighted by Gasteiger charge is -2.50. The number of alkyl carbamates (subject to hydrolysis) is 1. The van der Waals surface area contributed by atoms with Crippen molar-refractivity contribution in [3.05, 3.63) is 12.2 Å². The number of carbonyl (C=O) groups is 11. The number of ether oxygens (including phenoxy) is 1. The molecule has 23 nitrogen and oxygen atoms in total. The van der Waals surface area contributed by atoms with Gasteiger partial charge in [-0.05, 0) is 109 Å². The first-order chi connectivity index (χ1) is 41.6. The van der Waals surface area contributed by atoms with Crippen molar-refractivity contribution in [2.24, 2.45) is 58.7 Å². The molecule has 1 rings (SSSR count). The van der Waals surface area contributed by atoms with Crippen molar-refractivity contribution in [1.82, 2.24) is 45.9 Å². The highest BCUT2D eigenvalue weighted by Crippen LogP contribution is 2.35. The number of amides is 7. The Morgan fingerprint density at radius 2 is 1.19 bits per heavy atom. The van der Waals surface area contributed by atoms with Gasteiger partial charge in [-0.1, -0.05) is 116 Å². The van der Waals surface area contributed by atoms with Gasteiger partial charge in [0.1, 0.15) is 30.8 Å². The summed E-state index contributed by atoms with van der Waals surface area (Å²) in [6.07, 6.45) is 2.97. The molecular formula is C67H119N9O14. The van der Waals surface area contributed by atoms with E-state index >= 15 is 0 Å². The Hall–Kier alpha value is -5.81. The van der Waals surface area contributed by atoms with E-state index in [1.165, 1.54) is 42.8 Å². The fraction of sp³-hybridized carbons (Fsp3) is 0.806. The molecule has 1 fully saturated rings. The Balaban J connectivity index is 3.49. The monoisotopic (exact) mass is 1270 g/mol. The zero-order valence-corrected chi connectivity index (χ0v) is 59.5. The highest BCUT2D eigenvalue weighted by Gasteiger charge is 2.54. The highest BCUT2D eigenvalue weighted by atomic mass is 16.7. The minimum absolute atomic E-state index is 0.0299. The van der Waals surface area contributed by atoms with Gasteiger partial charge in [-0.2, -0.15) is 0 Å². The summed E-state index contributed by atoms with van der Waals surface area (Å²) < 4.78 is 5.49. The summed E-state index contributed by atoms with van der Waals surface area (Å²) in [5.74, 6) is -9.78. The Bertz CT molecular complexity index is 2450. The molecular weight excluding hydrogens is 1150 g/mol. The molecule has 516 valence electrons. The van der Waals surface area contributed by atoms with Crippen LogP contribution in [-0.4, -0.2) is 204 Å². The van der Waals surface area contributed by atoms with Crippen LogP contribution in [0.5, 0.6) is 0 Å². The van der Waals surface area contributed by atoms with Gasteiger partial charge < -0.3 is 45.8 Å². The number of hydrogen-bond donors (Lipinski definition) is 5. The van der Waals surface area contributed by atoms with Crippen LogP contribution in [0.25, 0.3) is 0 Å². The van der Waals surface area contributed by atoms with E-state index in [1.54, 1.807) is 34.7 Å². The lowest BCUT2D eigenvalue weighted by atomic mass is 9.77. The SMILES string of the molecule is C/C=C/C[C@@H](C)C1ON(C(=O)[C@H](C(C)C)N(C)C(=O)[C@@H](CC(=O)[C@H](CC(C)C)N(C)C(=O)[C@@H](C)NC(=O)[C@H](C)CC(=O)[C@H](CC(C)C)N(C)C(=O)[C@@H](CC(=O)[C@@H](N(C)C(C)[C@@H](C)NC)C(C)(C)COC(=O)NC)C(C)C)CC(C)C)[C@@H]1C(=O)N[C@@H](CC)C(=O)O. The quantitative estimate of drug-likeness (QED) is 0.0388. The number of rotatable bonds is 40. The predicted molar refractivity (Wildman–Crippen MR) is 348 cm³/mol. The number of ketones is 3. The number of hydroxylamine groups is 2. The highest BCUT2D eigenvalue weighted by molar-refractivity contribution is 5.98. The number of allylic oxidation sites excluding steroid dienone is 2. The first-order valence-corrected chi connectivity index (χ1v) is 32.7. The molecule has 0 radical (unpaired) electrons. The summed E-state index contributed by atoms with van der Waals surface area (Å²) in [5.41, 5.74) is -0.890. The fourth-order valence-electron chi connectivity index (χ4n) is 12.0. The fourth-order valence-corrected chi connectivity index (χ4v) is 12.0. The third kappa shape index (κ3) is 23.4. The first-order valence-electron chi connectivity index (χ1n) is 32.7. The van der Waals surface area contributed by atoms with Gasteiger partial charge in [0.25, 0.3) is 5.91 Å². The molecule has 23 heteroatoms. The van der Waals surface area contributed by atoms with E-state index in [9.17, 15) is 57.8 Å². The van der Waals surface area contributed by atoms with Crippen LogP contribution in [0, 0.1) is 58.7 Å². The van der Waals surface area contributed by atoms with E-state index in [-0.39, 0.29) is 105 Å². The number of nitrogens with zero attached hydrogens (tertiary/aromatic N) is 5. The molecule has 0 saturated carbocycles. The van der Waals surface area contributed by atoms with Crippen molar-refractivity contribution in [2.75, 3.05) is 48.9 Å². The van der Waals surface area contributed by atoms with Gasteiger partial charge >= 0.3 is 12.1 Å². The molecule has 0 aromatic rings. The third-order valence-electron chi connectivity index (χ3n) is 17.9. The van der Waals surface area contributed by atoms with Gasteiger partial charge in [-0.15, -0.1) is 0 Å². The van der Waals surface area contributed by atoms with Crippen molar-refractivity contribution in [1.29, 1.82) is 0 Å². The summed E-state index contributed by atoms with van der Waals surface area (Å²) in [5, 5.41) is 21.7. The number of nitrogens with one attached hydrogen (secondary N) is 4. The minimum atomic E-state index is -1.23. The maximum atomic E-state index is 14.8. The van der Waals surface area contributed by atoms with Crippen LogP contribution in [0.15, 0.2) is 12.2 Å². The maximum Gasteiger partial charge on any atom is 0.406 e. The van der Waals surface area contributed by atoms with Gasteiger partial charge in [0.2, 0.25) is 29.5 Å². The molecule has 1 aliphatic heterocycles. The summed E-state index contributed by atoms with van der Waals surface area (Å²) in [7, 11) is 9.61. The number of carboxylic acid groups (broad SMARTS) is 1.